The zero-order valence-electron chi connectivity index (χ0n) is 9.87. The van der Waals surface area contributed by atoms with E-state index in [1.165, 1.54) is 12.8 Å². The van der Waals surface area contributed by atoms with Gasteiger partial charge in [0.2, 0.25) is 5.91 Å². The molecule has 0 bridgehead atoms. The Morgan fingerprint density at radius 3 is 2.81 bits per heavy atom. The van der Waals surface area contributed by atoms with E-state index in [0.29, 0.717) is 25.7 Å². The maximum atomic E-state index is 11.4. The minimum Gasteiger partial charge on any atom is -0.376 e. The van der Waals surface area contributed by atoms with Crippen LogP contribution in [0, 0.1) is 17.2 Å². The number of hydrogen-bond acceptors (Lipinski definition) is 3. The van der Waals surface area contributed by atoms with Crippen LogP contribution >= 0.6 is 0 Å². The molecule has 0 aromatic heterocycles. The molecule has 1 N–H and O–H groups in total. The van der Waals surface area contributed by atoms with E-state index < -0.39 is 5.92 Å². The van der Waals surface area contributed by atoms with Crippen molar-refractivity contribution in [1.82, 2.24) is 5.32 Å². The predicted octanol–water partition coefficient (Wildman–Crippen LogP) is 1.61. The van der Waals surface area contributed by atoms with Crippen LogP contribution in [0.15, 0.2) is 0 Å². The van der Waals surface area contributed by atoms with Gasteiger partial charge in [-0.3, -0.25) is 4.79 Å². The number of nitrogens with one attached hydrogen (secondary N) is 1. The largest absolute Gasteiger partial charge is 0.376 e. The number of hydrogen-bond donors (Lipinski definition) is 1. The van der Waals surface area contributed by atoms with Crippen molar-refractivity contribution in [3.8, 4) is 6.07 Å². The Morgan fingerprint density at radius 1 is 1.56 bits per heavy atom. The summed E-state index contributed by atoms with van der Waals surface area (Å²) in [6.45, 7) is 2.90. The van der Waals surface area contributed by atoms with Crippen LogP contribution in [0.3, 0.4) is 0 Å². The van der Waals surface area contributed by atoms with Crippen molar-refractivity contribution >= 4 is 5.91 Å². The highest BCUT2D eigenvalue weighted by molar-refractivity contribution is 5.80. The zero-order valence-corrected chi connectivity index (χ0v) is 9.87. The normalized spacial score (nSPS) is 18.0. The van der Waals surface area contributed by atoms with Crippen LogP contribution in [0.4, 0.5) is 0 Å². The third kappa shape index (κ3) is 4.19. The van der Waals surface area contributed by atoms with Crippen molar-refractivity contribution in [2.45, 2.75) is 45.1 Å². The number of rotatable bonds is 6. The van der Waals surface area contributed by atoms with E-state index in [9.17, 15) is 4.79 Å². The zero-order chi connectivity index (χ0) is 11.8. The van der Waals surface area contributed by atoms with E-state index in [0.717, 1.165) is 12.8 Å². The lowest BCUT2D eigenvalue weighted by molar-refractivity contribution is -0.123. The molecule has 1 fully saturated rings. The Kier molecular flexibility index (Phi) is 5.87. The molecule has 90 valence electrons. The van der Waals surface area contributed by atoms with Gasteiger partial charge in [0.05, 0.1) is 18.8 Å². The van der Waals surface area contributed by atoms with Gasteiger partial charge in [-0.15, -0.1) is 0 Å². The molecule has 0 heterocycles. The Morgan fingerprint density at radius 2 is 2.25 bits per heavy atom. The van der Waals surface area contributed by atoms with Crippen molar-refractivity contribution in [3.05, 3.63) is 0 Å². The van der Waals surface area contributed by atoms with Gasteiger partial charge >= 0.3 is 0 Å². The van der Waals surface area contributed by atoms with Crippen LogP contribution < -0.4 is 5.32 Å². The van der Waals surface area contributed by atoms with Gasteiger partial charge in [0.15, 0.2) is 0 Å². The average molecular weight is 224 g/mol. The predicted molar refractivity (Wildman–Crippen MR) is 60.6 cm³/mol. The average Bonchev–Trinajstić information content (AvgIpc) is 2.79. The molecule has 0 radical (unpaired) electrons. The quantitative estimate of drug-likeness (QED) is 0.697. The standard InChI is InChI=1S/C12H20N2O2/c1-2-10(9-13)12(15)14-7-8-16-11-5-3-4-6-11/h10-11H,2-8H2,1H3,(H,14,15). The highest BCUT2D eigenvalue weighted by Crippen LogP contribution is 2.20. The number of carbonyl (C=O) groups excluding carboxylic acids is 1. The molecule has 0 aromatic rings. The molecule has 1 amide bonds. The van der Waals surface area contributed by atoms with E-state index in [4.69, 9.17) is 10.00 Å². The summed E-state index contributed by atoms with van der Waals surface area (Å²) in [5.41, 5.74) is 0. The molecule has 1 unspecified atom stereocenters. The van der Waals surface area contributed by atoms with Gasteiger partial charge in [0, 0.05) is 6.54 Å². The van der Waals surface area contributed by atoms with Gasteiger partial charge < -0.3 is 10.1 Å². The third-order valence-electron chi connectivity index (χ3n) is 2.94. The second-order valence-corrected chi connectivity index (χ2v) is 4.16. The van der Waals surface area contributed by atoms with Crippen molar-refractivity contribution in [1.29, 1.82) is 5.26 Å². The summed E-state index contributed by atoms with van der Waals surface area (Å²) in [5, 5.41) is 11.4. The van der Waals surface area contributed by atoms with Crippen molar-refractivity contribution < 1.29 is 9.53 Å². The van der Waals surface area contributed by atoms with E-state index in [1.807, 2.05) is 13.0 Å². The topological polar surface area (TPSA) is 62.1 Å². The Balaban J connectivity index is 2.06. The molecule has 4 heteroatoms. The van der Waals surface area contributed by atoms with E-state index in [2.05, 4.69) is 5.32 Å². The Labute approximate surface area is 97.0 Å². The molecule has 1 atom stereocenters. The molecule has 0 saturated heterocycles. The first kappa shape index (κ1) is 13.0. The fourth-order valence-corrected chi connectivity index (χ4v) is 1.91. The molecule has 0 spiro atoms. The molecule has 1 aliphatic carbocycles. The number of amides is 1. The highest BCUT2D eigenvalue weighted by Gasteiger charge is 2.16. The maximum absolute atomic E-state index is 11.4. The number of ether oxygens (including phenoxy) is 1. The summed E-state index contributed by atoms with van der Waals surface area (Å²) in [6.07, 6.45) is 5.74. The van der Waals surface area contributed by atoms with Crippen LogP contribution in [-0.4, -0.2) is 25.2 Å². The van der Waals surface area contributed by atoms with Gasteiger partial charge in [0.25, 0.3) is 0 Å². The van der Waals surface area contributed by atoms with Crippen molar-refractivity contribution in [3.63, 3.8) is 0 Å². The van der Waals surface area contributed by atoms with Gasteiger partial charge in [0.1, 0.15) is 5.92 Å². The molecule has 4 nitrogen and oxygen atoms in total. The Hall–Kier alpha value is -1.08. The monoisotopic (exact) mass is 224 g/mol. The SMILES string of the molecule is CCC(C#N)C(=O)NCCOC1CCCC1. The highest BCUT2D eigenvalue weighted by atomic mass is 16.5. The second kappa shape index (κ2) is 7.24. The lowest BCUT2D eigenvalue weighted by Gasteiger charge is -2.12. The lowest BCUT2D eigenvalue weighted by atomic mass is 10.1. The number of carbonyl (C=O) groups is 1. The third-order valence-corrected chi connectivity index (χ3v) is 2.94. The molecular formula is C12H20N2O2. The Bertz CT molecular complexity index is 254. The first-order valence-electron chi connectivity index (χ1n) is 6.06. The summed E-state index contributed by atoms with van der Waals surface area (Å²) in [5.74, 6) is -0.702. The summed E-state index contributed by atoms with van der Waals surface area (Å²) < 4.78 is 5.60. The molecule has 0 aromatic carbocycles. The van der Waals surface area contributed by atoms with Gasteiger partial charge in [-0.25, -0.2) is 0 Å². The summed E-state index contributed by atoms with van der Waals surface area (Å²) in [7, 11) is 0. The van der Waals surface area contributed by atoms with Crippen LogP contribution in [0.25, 0.3) is 0 Å². The van der Waals surface area contributed by atoms with E-state index in [-0.39, 0.29) is 5.91 Å². The fraction of sp³-hybridized carbons (Fsp3) is 0.833. The number of nitrogens with zero attached hydrogens (tertiary/aromatic N) is 1. The van der Waals surface area contributed by atoms with Gasteiger partial charge in [-0.1, -0.05) is 19.8 Å². The lowest BCUT2D eigenvalue weighted by Crippen LogP contribution is -2.33. The minimum absolute atomic E-state index is 0.181. The van der Waals surface area contributed by atoms with Crippen LogP contribution in [-0.2, 0) is 9.53 Å². The molecule has 1 saturated carbocycles. The van der Waals surface area contributed by atoms with E-state index in [1.54, 1.807) is 0 Å². The van der Waals surface area contributed by atoms with Crippen LogP contribution in [0.1, 0.15) is 39.0 Å². The molecule has 16 heavy (non-hydrogen) atoms. The first-order valence-corrected chi connectivity index (χ1v) is 6.06. The summed E-state index contributed by atoms with van der Waals surface area (Å²) in [6, 6.07) is 1.98. The molecular weight excluding hydrogens is 204 g/mol. The second-order valence-electron chi connectivity index (χ2n) is 4.16. The maximum Gasteiger partial charge on any atom is 0.237 e. The van der Waals surface area contributed by atoms with Crippen LogP contribution in [0.5, 0.6) is 0 Å². The summed E-state index contributed by atoms with van der Waals surface area (Å²) >= 11 is 0. The fourth-order valence-electron chi connectivity index (χ4n) is 1.91. The number of nitriles is 1. The minimum atomic E-state index is -0.522. The van der Waals surface area contributed by atoms with Gasteiger partial charge in [-0.05, 0) is 19.3 Å². The smallest absolute Gasteiger partial charge is 0.237 e. The van der Waals surface area contributed by atoms with Crippen molar-refractivity contribution in [2.75, 3.05) is 13.2 Å². The molecule has 1 aliphatic rings. The molecule has 1 rings (SSSR count). The first-order chi connectivity index (χ1) is 7.77. The van der Waals surface area contributed by atoms with Gasteiger partial charge in [-0.2, -0.15) is 5.26 Å². The molecule has 0 aliphatic heterocycles. The van der Waals surface area contributed by atoms with Crippen molar-refractivity contribution in [2.24, 2.45) is 5.92 Å². The van der Waals surface area contributed by atoms with Crippen LogP contribution in [0.2, 0.25) is 0 Å². The summed E-state index contributed by atoms with van der Waals surface area (Å²) in [4.78, 5) is 11.4. The van der Waals surface area contributed by atoms with E-state index >= 15 is 0 Å².